The molecule has 1 rings (SSSR count). The fraction of sp³-hybridized carbons (Fsp3) is 0.789. The van der Waals surface area contributed by atoms with Gasteiger partial charge in [0.25, 0.3) is 5.91 Å². The van der Waals surface area contributed by atoms with E-state index in [1.807, 2.05) is 7.05 Å². The molecule has 1 N–H and O–H groups in total. The van der Waals surface area contributed by atoms with Crippen molar-refractivity contribution in [1.82, 2.24) is 10.2 Å². The first-order valence-electron chi connectivity index (χ1n) is 8.71. The minimum atomic E-state index is -0.168. The molecule has 0 spiro atoms. The van der Waals surface area contributed by atoms with Crippen molar-refractivity contribution in [2.24, 2.45) is 5.41 Å². The van der Waals surface area contributed by atoms with Gasteiger partial charge >= 0.3 is 0 Å². The lowest BCUT2D eigenvalue weighted by Gasteiger charge is -2.33. The molecule has 0 saturated heterocycles. The lowest BCUT2D eigenvalue weighted by Crippen LogP contribution is -2.41. The van der Waals surface area contributed by atoms with Gasteiger partial charge in [-0.1, -0.05) is 40.0 Å². The van der Waals surface area contributed by atoms with Crippen molar-refractivity contribution in [1.29, 1.82) is 5.26 Å². The van der Waals surface area contributed by atoms with Gasteiger partial charge in [-0.3, -0.25) is 4.79 Å². The van der Waals surface area contributed by atoms with Gasteiger partial charge in [0.15, 0.2) is 0 Å². The molecule has 0 aromatic rings. The number of nitrogens with one attached hydrogen (secondary N) is 1. The highest BCUT2D eigenvalue weighted by molar-refractivity contribution is 5.97. The number of rotatable bonds is 5. The molecule has 0 atom stereocenters. The van der Waals surface area contributed by atoms with Crippen molar-refractivity contribution in [2.45, 2.75) is 84.7 Å². The Labute approximate surface area is 141 Å². The van der Waals surface area contributed by atoms with Crippen molar-refractivity contribution in [3.8, 4) is 6.07 Å². The van der Waals surface area contributed by atoms with Crippen LogP contribution in [0.5, 0.6) is 0 Å². The molecule has 23 heavy (non-hydrogen) atoms. The molecule has 4 nitrogen and oxygen atoms in total. The summed E-state index contributed by atoms with van der Waals surface area (Å²) in [6.07, 6.45) is 8.24. The van der Waals surface area contributed by atoms with Crippen LogP contribution in [0.3, 0.4) is 0 Å². The van der Waals surface area contributed by atoms with Crippen LogP contribution in [-0.2, 0) is 4.79 Å². The summed E-state index contributed by atoms with van der Waals surface area (Å²) < 4.78 is 0. The second kappa shape index (κ2) is 7.86. The van der Waals surface area contributed by atoms with E-state index in [0.717, 1.165) is 19.3 Å². The molecule has 1 fully saturated rings. The molecule has 0 aromatic heterocycles. The quantitative estimate of drug-likeness (QED) is 0.616. The number of carbonyl (C=O) groups is 1. The molecular weight excluding hydrogens is 286 g/mol. The van der Waals surface area contributed by atoms with Gasteiger partial charge in [-0.25, -0.2) is 0 Å². The van der Waals surface area contributed by atoms with Crippen LogP contribution in [-0.4, -0.2) is 29.4 Å². The van der Waals surface area contributed by atoms with E-state index in [1.165, 1.54) is 19.3 Å². The van der Waals surface area contributed by atoms with Crippen LogP contribution in [0.1, 0.15) is 73.1 Å². The molecule has 1 amide bonds. The van der Waals surface area contributed by atoms with E-state index in [4.69, 9.17) is 0 Å². The highest BCUT2D eigenvalue weighted by Gasteiger charge is 2.27. The summed E-state index contributed by atoms with van der Waals surface area (Å²) >= 11 is 0. The Bertz CT molecular complexity index is 474. The monoisotopic (exact) mass is 319 g/mol. The number of carbonyl (C=O) groups excluding carboxylic acids is 1. The van der Waals surface area contributed by atoms with Crippen molar-refractivity contribution >= 4 is 5.91 Å². The maximum absolute atomic E-state index is 12.6. The molecular formula is C19H33N3O. The van der Waals surface area contributed by atoms with Gasteiger partial charge in [0, 0.05) is 24.8 Å². The largest absolute Gasteiger partial charge is 0.385 e. The first kappa shape index (κ1) is 19.5. The molecule has 0 radical (unpaired) electrons. The Morgan fingerprint density at radius 3 is 2.26 bits per heavy atom. The number of amides is 1. The number of nitrogens with zero attached hydrogens (tertiary/aromatic N) is 2. The molecule has 0 heterocycles. The zero-order valence-corrected chi connectivity index (χ0v) is 15.7. The summed E-state index contributed by atoms with van der Waals surface area (Å²) in [6, 6.07) is 2.34. The average molecular weight is 319 g/mol. The maximum Gasteiger partial charge on any atom is 0.265 e. The second-order valence-corrected chi connectivity index (χ2v) is 8.64. The fourth-order valence-electron chi connectivity index (χ4n) is 3.61. The van der Waals surface area contributed by atoms with Gasteiger partial charge in [0.2, 0.25) is 0 Å². The van der Waals surface area contributed by atoms with Crippen molar-refractivity contribution in [3.05, 3.63) is 11.8 Å². The standard InChI is InChI=1S/C19H33N3O/c1-18(2,3)14-19(4,5)21-13-15(12-20)17(23)22(6)16-10-8-7-9-11-16/h13,16,21H,7-11,14H2,1-6H3/b15-13-. The minimum absolute atomic E-state index is 0.163. The highest BCUT2D eigenvalue weighted by Crippen LogP contribution is 2.27. The van der Waals surface area contributed by atoms with Crippen LogP contribution >= 0.6 is 0 Å². The smallest absolute Gasteiger partial charge is 0.265 e. The average Bonchev–Trinajstić information content (AvgIpc) is 2.45. The Balaban J connectivity index is 2.74. The molecule has 1 saturated carbocycles. The van der Waals surface area contributed by atoms with E-state index in [-0.39, 0.29) is 28.5 Å². The maximum atomic E-state index is 12.6. The molecule has 1 aliphatic rings. The van der Waals surface area contributed by atoms with Gasteiger partial charge in [-0.2, -0.15) is 5.26 Å². The van der Waals surface area contributed by atoms with E-state index >= 15 is 0 Å². The van der Waals surface area contributed by atoms with Crippen LogP contribution < -0.4 is 5.32 Å². The molecule has 0 bridgehead atoms. The summed E-state index contributed by atoms with van der Waals surface area (Å²) in [6.45, 7) is 10.8. The van der Waals surface area contributed by atoms with Gasteiger partial charge in [0.1, 0.15) is 11.6 Å². The molecule has 0 aliphatic heterocycles. The molecule has 1 aliphatic carbocycles. The van der Waals surface area contributed by atoms with E-state index in [2.05, 4.69) is 46.0 Å². The molecule has 130 valence electrons. The van der Waals surface area contributed by atoms with E-state index in [1.54, 1.807) is 11.1 Å². The summed E-state index contributed by atoms with van der Waals surface area (Å²) in [5.74, 6) is -0.168. The highest BCUT2D eigenvalue weighted by atomic mass is 16.2. The van der Waals surface area contributed by atoms with Crippen molar-refractivity contribution in [2.75, 3.05) is 7.05 Å². The van der Waals surface area contributed by atoms with Crippen molar-refractivity contribution < 1.29 is 4.79 Å². The normalized spacial score (nSPS) is 17.5. The third kappa shape index (κ3) is 6.64. The number of hydrogen-bond donors (Lipinski definition) is 1. The van der Waals surface area contributed by atoms with Crippen LogP contribution in [0.2, 0.25) is 0 Å². The third-order valence-corrected chi connectivity index (χ3v) is 4.37. The van der Waals surface area contributed by atoms with Gasteiger partial charge < -0.3 is 10.2 Å². The van der Waals surface area contributed by atoms with E-state index < -0.39 is 0 Å². The number of nitriles is 1. The topological polar surface area (TPSA) is 56.1 Å². The molecule has 0 aromatic carbocycles. The van der Waals surface area contributed by atoms with Crippen LogP contribution in [0.15, 0.2) is 11.8 Å². The summed E-state index contributed by atoms with van der Waals surface area (Å²) in [4.78, 5) is 14.3. The Morgan fingerprint density at radius 2 is 1.78 bits per heavy atom. The summed E-state index contributed by atoms with van der Waals surface area (Å²) in [5, 5.41) is 12.6. The minimum Gasteiger partial charge on any atom is -0.385 e. The Hall–Kier alpha value is -1.50. The predicted octanol–water partition coefficient (Wildman–Crippen LogP) is 3.99. The number of likely N-dealkylation sites (N-methyl/N-ethyl adjacent to an activating group) is 1. The zero-order valence-electron chi connectivity index (χ0n) is 15.7. The first-order valence-corrected chi connectivity index (χ1v) is 8.71. The molecule has 4 heteroatoms. The Kier molecular flexibility index (Phi) is 6.68. The first-order chi connectivity index (χ1) is 10.6. The number of hydrogen-bond acceptors (Lipinski definition) is 3. The van der Waals surface area contributed by atoms with Gasteiger partial charge in [-0.15, -0.1) is 0 Å². The Morgan fingerprint density at radius 1 is 1.22 bits per heavy atom. The van der Waals surface area contributed by atoms with Crippen LogP contribution in [0.4, 0.5) is 0 Å². The lowest BCUT2D eigenvalue weighted by molar-refractivity contribution is -0.128. The summed E-state index contributed by atoms with van der Waals surface area (Å²) in [5.41, 5.74) is 0.212. The lowest BCUT2D eigenvalue weighted by atomic mass is 9.82. The fourth-order valence-corrected chi connectivity index (χ4v) is 3.61. The summed E-state index contributed by atoms with van der Waals surface area (Å²) in [7, 11) is 1.82. The van der Waals surface area contributed by atoms with Crippen LogP contribution in [0.25, 0.3) is 0 Å². The second-order valence-electron chi connectivity index (χ2n) is 8.64. The zero-order chi connectivity index (χ0) is 17.7. The molecule has 0 unspecified atom stereocenters. The van der Waals surface area contributed by atoms with Gasteiger partial charge in [0.05, 0.1) is 0 Å². The van der Waals surface area contributed by atoms with Crippen LogP contribution in [0, 0.1) is 16.7 Å². The predicted molar refractivity (Wildman–Crippen MR) is 94.6 cm³/mol. The van der Waals surface area contributed by atoms with Gasteiger partial charge in [-0.05, 0) is 38.5 Å². The SMILES string of the molecule is CN(C(=O)/C(C#N)=C\NC(C)(C)CC(C)(C)C)C1CCCCC1. The van der Waals surface area contributed by atoms with E-state index in [0.29, 0.717) is 0 Å². The van der Waals surface area contributed by atoms with Crippen molar-refractivity contribution in [3.63, 3.8) is 0 Å². The van der Waals surface area contributed by atoms with E-state index in [9.17, 15) is 10.1 Å². The third-order valence-electron chi connectivity index (χ3n) is 4.37.